The quantitative estimate of drug-likeness (QED) is 0.517. The molecule has 3 heteroatoms. The second-order valence-corrected chi connectivity index (χ2v) is 6.46. The van der Waals surface area contributed by atoms with Gasteiger partial charge in [0, 0.05) is 0 Å². The molecule has 3 aromatic carbocycles. The Balaban J connectivity index is 2.00. The first kappa shape index (κ1) is 12.5. The Morgan fingerprint density at radius 3 is 2.05 bits per heavy atom. The van der Waals surface area contributed by atoms with Crippen LogP contribution in [0.4, 0.5) is 0 Å². The van der Waals surface area contributed by atoms with Crippen LogP contribution >= 0.6 is 0 Å². The number of rotatable bonds is 2. The first-order valence-corrected chi connectivity index (χ1v) is 8.41. The van der Waals surface area contributed by atoms with Crippen LogP contribution in [0.25, 0.3) is 32.0 Å². The first-order valence-electron chi connectivity index (χ1n) is 6.79. The van der Waals surface area contributed by atoms with Crippen LogP contribution in [0.1, 0.15) is 0 Å². The fourth-order valence-corrected chi connectivity index (χ4v) is 3.94. The third kappa shape index (κ3) is 2.31. The zero-order valence-corrected chi connectivity index (χ0v) is 12.9. The van der Waals surface area contributed by atoms with Gasteiger partial charge < -0.3 is 0 Å². The molecule has 0 spiro atoms. The molecular weight excluding hydrogens is 323 g/mol. The fourth-order valence-electron chi connectivity index (χ4n) is 2.52. The van der Waals surface area contributed by atoms with Gasteiger partial charge in [-0.2, -0.15) is 0 Å². The van der Waals surface area contributed by atoms with Gasteiger partial charge in [0.2, 0.25) is 0 Å². The van der Waals surface area contributed by atoms with E-state index in [-0.39, 0.29) is 14.7 Å². The summed E-state index contributed by atoms with van der Waals surface area (Å²) in [4.78, 5) is 0. The summed E-state index contributed by atoms with van der Waals surface area (Å²) in [6.07, 6.45) is 0. The molecule has 100 valence electrons. The van der Waals surface area contributed by atoms with E-state index in [9.17, 15) is 0 Å². The maximum absolute atomic E-state index is 4.32. The van der Waals surface area contributed by atoms with Crippen LogP contribution in [0, 0.1) is 0 Å². The van der Waals surface area contributed by atoms with Gasteiger partial charge in [0.15, 0.2) is 0 Å². The van der Waals surface area contributed by atoms with Gasteiger partial charge in [-0.3, -0.25) is 0 Å². The Kier molecular flexibility index (Phi) is 3.15. The van der Waals surface area contributed by atoms with Crippen LogP contribution in [0.2, 0.25) is 0 Å². The molecule has 0 unspecified atom stereocenters. The van der Waals surface area contributed by atoms with Crippen molar-refractivity contribution in [2.45, 2.75) is 0 Å². The van der Waals surface area contributed by atoms with E-state index >= 15 is 0 Å². The van der Waals surface area contributed by atoms with Crippen molar-refractivity contribution in [1.29, 1.82) is 0 Å². The van der Waals surface area contributed by atoms with Crippen LogP contribution in [-0.2, 0) is 0 Å². The average molecular weight is 335 g/mol. The van der Waals surface area contributed by atoms with Gasteiger partial charge in [-0.05, 0) is 0 Å². The zero-order valence-electron chi connectivity index (χ0n) is 11.2. The van der Waals surface area contributed by atoms with Crippen molar-refractivity contribution in [3.8, 4) is 22.3 Å². The van der Waals surface area contributed by atoms with E-state index in [4.69, 9.17) is 0 Å². The minimum absolute atomic E-state index is 0.0930. The molecule has 0 amide bonds. The third-order valence-corrected chi connectivity index (χ3v) is 5.17. The van der Waals surface area contributed by atoms with Crippen molar-refractivity contribution in [3.05, 3.63) is 72.8 Å². The Bertz CT molecular complexity index is 883. The van der Waals surface area contributed by atoms with Gasteiger partial charge >= 0.3 is 129 Å². The molecule has 0 radical (unpaired) electrons. The van der Waals surface area contributed by atoms with Gasteiger partial charge in [-0.15, -0.1) is 0 Å². The van der Waals surface area contributed by atoms with Crippen LogP contribution in [0.15, 0.2) is 72.8 Å². The van der Waals surface area contributed by atoms with Crippen molar-refractivity contribution in [1.82, 2.24) is 9.19 Å². The number of aromatic nitrogens is 2. The summed E-state index contributed by atoms with van der Waals surface area (Å²) in [5.74, 6) is 0. The molecule has 2 nitrogen and oxygen atoms in total. The van der Waals surface area contributed by atoms with Gasteiger partial charge in [0.05, 0.1) is 0 Å². The molecule has 1 aromatic heterocycles. The number of nitrogens with zero attached hydrogens (tertiary/aromatic N) is 2. The molecular formula is C18H12N2Se. The van der Waals surface area contributed by atoms with E-state index in [1.54, 1.807) is 0 Å². The summed E-state index contributed by atoms with van der Waals surface area (Å²) in [7, 11) is 0. The van der Waals surface area contributed by atoms with E-state index in [0.717, 1.165) is 5.52 Å². The second-order valence-electron chi connectivity index (χ2n) is 4.88. The summed E-state index contributed by atoms with van der Waals surface area (Å²) in [6.45, 7) is 0. The maximum atomic E-state index is 4.32. The summed E-state index contributed by atoms with van der Waals surface area (Å²) in [5.41, 5.74) is 5.93. The van der Waals surface area contributed by atoms with E-state index in [2.05, 4.69) is 69.9 Å². The molecule has 1 heterocycles. The number of hydrogen-bond acceptors (Lipinski definition) is 2. The van der Waals surface area contributed by atoms with Crippen molar-refractivity contribution in [2.75, 3.05) is 0 Å². The van der Waals surface area contributed by atoms with Crippen LogP contribution in [0.3, 0.4) is 0 Å². The molecule has 0 aliphatic heterocycles. The Morgan fingerprint density at radius 2 is 1.33 bits per heavy atom. The molecule has 0 fully saturated rings. The van der Waals surface area contributed by atoms with Gasteiger partial charge in [-0.25, -0.2) is 0 Å². The Morgan fingerprint density at radius 1 is 0.667 bits per heavy atom. The minimum atomic E-state index is 0.0930. The molecule has 0 aliphatic rings. The van der Waals surface area contributed by atoms with E-state index < -0.39 is 0 Å². The molecule has 4 rings (SSSR count). The Hall–Kier alpha value is -2.22. The zero-order chi connectivity index (χ0) is 14.1. The standard InChI is InChI=1S/C18H12N2Se/c1-3-7-13(8-4-1)15-11-16(14-9-5-2-6-10-14)18-17(12-15)19-20-21-18/h1-12H. The molecule has 0 aliphatic carbocycles. The first-order chi connectivity index (χ1) is 10.4. The van der Waals surface area contributed by atoms with Crippen molar-refractivity contribution >= 4 is 24.5 Å². The molecule has 0 saturated carbocycles. The van der Waals surface area contributed by atoms with Gasteiger partial charge in [0.1, 0.15) is 0 Å². The van der Waals surface area contributed by atoms with E-state index in [1.807, 2.05) is 12.1 Å². The van der Waals surface area contributed by atoms with Crippen molar-refractivity contribution < 1.29 is 0 Å². The topological polar surface area (TPSA) is 25.8 Å². The van der Waals surface area contributed by atoms with Crippen molar-refractivity contribution in [2.24, 2.45) is 0 Å². The molecule has 21 heavy (non-hydrogen) atoms. The van der Waals surface area contributed by atoms with Crippen molar-refractivity contribution in [3.63, 3.8) is 0 Å². The fraction of sp³-hybridized carbons (Fsp3) is 0. The summed E-state index contributed by atoms with van der Waals surface area (Å²) in [5, 5.41) is 4.32. The van der Waals surface area contributed by atoms with E-state index in [1.165, 1.54) is 26.5 Å². The molecule has 4 aromatic rings. The SMILES string of the molecule is c1ccc(-c2cc(-c3ccccc3)c3[se]nnc3c2)cc1. The van der Waals surface area contributed by atoms with Crippen LogP contribution in [0.5, 0.6) is 0 Å². The Labute approximate surface area is 129 Å². The predicted molar refractivity (Wildman–Crippen MR) is 87.4 cm³/mol. The molecule has 0 atom stereocenters. The molecule has 0 bridgehead atoms. The number of fused-ring (bicyclic) bond motifs is 1. The summed E-state index contributed by atoms with van der Waals surface area (Å²) in [6, 6.07) is 25.4. The monoisotopic (exact) mass is 336 g/mol. The molecule has 0 saturated heterocycles. The second kappa shape index (κ2) is 5.28. The normalized spacial score (nSPS) is 10.9. The summed E-state index contributed by atoms with van der Waals surface area (Å²) < 4.78 is 5.55. The third-order valence-electron chi connectivity index (χ3n) is 3.54. The summed E-state index contributed by atoms with van der Waals surface area (Å²) >= 11 is 0.0930. The number of hydrogen-bond donors (Lipinski definition) is 0. The van der Waals surface area contributed by atoms with Gasteiger partial charge in [-0.1, -0.05) is 0 Å². The van der Waals surface area contributed by atoms with Crippen LogP contribution < -0.4 is 0 Å². The van der Waals surface area contributed by atoms with E-state index in [0.29, 0.717) is 0 Å². The van der Waals surface area contributed by atoms with Crippen LogP contribution in [-0.4, -0.2) is 23.9 Å². The molecule has 0 N–H and O–H groups in total. The van der Waals surface area contributed by atoms with Gasteiger partial charge in [0.25, 0.3) is 0 Å². The number of benzene rings is 3. The average Bonchev–Trinajstić information content (AvgIpc) is 3.04. The predicted octanol–water partition coefficient (Wildman–Crippen LogP) is 4.02.